The van der Waals surface area contributed by atoms with E-state index in [1.54, 1.807) is 4.90 Å². The van der Waals surface area contributed by atoms with Crippen LogP contribution in [-0.4, -0.2) is 40.4 Å². The lowest BCUT2D eigenvalue weighted by Crippen LogP contribution is -2.41. The van der Waals surface area contributed by atoms with Crippen LogP contribution in [0.1, 0.15) is 37.7 Å². The topological polar surface area (TPSA) is 86.7 Å². The maximum Gasteiger partial charge on any atom is 0.303 e. The van der Waals surface area contributed by atoms with Crippen molar-refractivity contribution < 1.29 is 19.5 Å². The minimum absolute atomic E-state index is 0.0484. The molecule has 6 nitrogen and oxygen atoms in total. The van der Waals surface area contributed by atoms with Crippen LogP contribution in [0.25, 0.3) is 0 Å². The highest BCUT2D eigenvalue weighted by Gasteiger charge is 2.32. The van der Waals surface area contributed by atoms with E-state index in [9.17, 15) is 14.4 Å². The molecule has 124 valence electrons. The number of hydrogen-bond acceptors (Lipinski definition) is 3. The summed E-state index contributed by atoms with van der Waals surface area (Å²) in [5.41, 5.74) is 1.07. The fourth-order valence-corrected chi connectivity index (χ4v) is 2.66. The summed E-state index contributed by atoms with van der Waals surface area (Å²) in [5, 5.41) is 11.3. The molecule has 0 aliphatic carbocycles. The molecular weight excluding hydrogens is 296 g/mol. The molecule has 1 fully saturated rings. The van der Waals surface area contributed by atoms with Crippen LogP contribution in [0.15, 0.2) is 30.3 Å². The van der Waals surface area contributed by atoms with E-state index < -0.39 is 12.0 Å². The average molecular weight is 318 g/mol. The number of carbonyl (C=O) groups is 3. The highest BCUT2D eigenvalue weighted by Crippen LogP contribution is 2.15. The Morgan fingerprint density at radius 2 is 1.87 bits per heavy atom. The second-order valence-electron chi connectivity index (χ2n) is 5.76. The van der Waals surface area contributed by atoms with Gasteiger partial charge < -0.3 is 15.3 Å². The van der Waals surface area contributed by atoms with Crippen molar-refractivity contribution in [2.75, 3.05) is 6.54 Å². The highest BCUT2D eigenvalue weighted by atomic mass is 16.4. The molecule has 1 aromatic rings. The molecule has 1 atom stereocenters. The molecule has 1 unspecified atom stereocenters. The van der Waals surface area contributed by atoms with Crippen molar-refractivity contribution in [3.8, 4) is 0 Å². The van der Waals surface area contributed by atoms with Crippen molar-refractivity contribution in [3.05, 3.63) is 35.9 Å². The minimum Gasteiger partial charge on any atom is -0.481 e. The van der Waals surface area contributed by atoms with Crippen molar-refractivity contribution >= 4 is 17.8 Å². The first-order chi connectivity index (χ1) is 11.1. The molecule has 6 heteroatoms. The van der Waals surface area contributed by atoms with Gasteiger partial charge in [0.1, 0.15) is 6.04 Å². The summed E-state index contributed by atoms with van der Waals surface area (Å²) in [6, 6.07) is 9.30. The zero-order valence-corrected chi connectivity index (χ0v) is 13.0. The Kier molecular flexibility index (Phi) is 6.14. The first-order valence-electron chi connectivity index (χ1n) is 7.90. The molecule has 2 rings (SSSR count). The van der Waals surface area contributed by atoms with Gasteiger partial charge in [0.15, 0.2) is 0 Å². The maximum absolute atomic E-state index is 12.3. The van der Waals surface area contributed by atoms with Crippen LogP contribution in [0.5, 0.6) is 0 Å². The third kappa shape index (κ3) is 5.39. The third-order valence-electron chi connectivity index (χ3n) is 3.89. The summed E-state index contributed by atoms with van der Waals surface area (Å²) in [6.45, 7) is 1.20. The molecule has 0 saturated carbocycles. The molecule has 1 aliphatic rings. The number of carbonyl (C=O) groups excluding carboxylic acids is 2. The van der Waals surface area contributed by atoms with Gasteiger partial charge in [0.2, 0.25) is 11.8 Å². The van der Waals surface area contributed by atoms with Crippen LogP contribution in [0.4, 0.5) is 0 Å². The first-order valence-corrected chi connectivity index (χ1v) is 7.90. The van der Waals surface area contributed by atoms with Gasteiger partial charge in [0.25, 0.3) is 0 Å². The van der Waals surface area contributed by atoms with Crippen molar-refractivity contribution in [1.82, 2.24) is 10.2 Å². The predicted octanol–water partition coefficient (Wildman–Crippen LogP) is 1.55. The molecule has 0 bridgehead atoms. The van der Waals surface area contributed by atoms with Gasteiger partial charge in [0.05, 0.1) is 0 Å². The number of carboxylic acids is 1. The van der Waals surface area contributed by atoms with Crippen LogP contribution < -0.4 is 5.32 Å². The average Bonchev–Trinajstić information content (AvgIpc) is 2.86. The number of benzene rings is 1. The number of likely N-dealkylation sites (tertiary alicyclic amines) is 1. The van der Waals surface area contributed by atoms with E-state index in [1.807, 2.05) is 30.3 Å². The molecule has 1 aromatic carbocycles. The van der Waals surface area contributed by atoms with Gasteiger partial charge in [-0.2, -0.15) is 0 Å². The summed E-state index contributed by atoms with van der Waals surface area (Å²) in [5.74, 6) is -1.09. The second-order valence-corrected chi connectivity index (χ2v) is 5.76. The number of carboxylic acid groups (broad SMARTS) is 1. The van der Waals surface area contributed by atoms with Gasteiger partial charge in [-0.25, -0.2) is 0 Å². The first kappa shape index (κ1) is 17.0. The Morgan fingerprint density at radius 1 is 1.17 bits per heavy atom. The molecule has 1 heterocycles. The number of nitrogens with one attached hydrogen (secondary N) is 1. The Bertz CT molecular complexity index is 559. The number of aliphatic carboxylic acids is 1. The van der Waals surface area contributed by atoms with E-state index in [1.165, 1.54) is 0 Å². The van der Waals surface area contributed by atoms with Gasteiger partial charge in [0, 0.05) is 25.9 Å². The molecule has 1 saturated heterocycles. The normalized spacial score (nSPS) is 17.3. The molecule has 2 N–H and O–H groups in total. The Morgan fingerprint density at radius 3 is 2.57 bits per heavy atom. The molecule has 0 aromatic heterocycles. The molecule has 2 amide bonds. The molecule has 0 spiro atoms. The van der Waals surface area contributed by atoms with Crippen LogP contribution in [0.3, 0.4) is 0 Å². The van der Waals surface area contributed by atoms with Gasteiger partial charge in [-0.1, -0.05) is 30.3 Å². The van der Waals surface area contributed by atoms with Gasteiger partial charge in [-0.15, -0.1) is 0 Å². The summed E-state index contributed by atoms with van der Waals surface area (Å²) >= 11 is 0. The lowest BCUT2D eigenvalue weighted by molar-refractivity contribution is -0.137. The largest absolute Gasteiger partial charge is 0.481 e. The molecule has 0 radical (unpaired) electrons. The second kappa shape index (κ2) is 8.31. The van der Waals surface area contributed by atoms with Gasteiger partial charge >= 0.3 is 5.97 Å². The van der Waals surface area contributed by atoms with Crippen molar-refractivity contribution in [1.29, 1.82) is 0 Å². The van der Waals surface area contributed by atoms with Crippen LogP contribution in [-0.2, 0) is 20.9 Å². The van der Waals surface area contributed by atoms with E-state index in [-0.39, 0.29) is 24.7 Å². The van der Waals surface area contributed by atoms with Crippen LogP contribution in [0.2, 0.25) is 0 Å². The zero-order valence-electron chi connectivity index (χ0n) is 13.0. The fraction of sp³-hybridized carbons (Fsp3) is 0.471. The van der Waals surface area contributed by atoms with E-state index in [4.69, 9.17) is 5.11 Å². The van der Waals surface area contributed by atoms with E-state index in [0.29, 0.717) is 32.4 Å². The zero-order chi connectivity index (χ0) is 16.7. The smallest absolute Gasteiger partial charge is 0.303 e. The number of nitrogens with zero attached hydrogens (tertiary/aromatic N) is 1. The van der Waals surface area contributed by atoms with Crippen molar-refractivity contribution in [2.45, 2.75) is 44.7 Å². The lowest BCUT2D eigenvalue weighted by Gasteiger charge is -2.17. The van der Waals surface area contributed by atoms with Crippen molar-refractivity contribution in [3.63, 3.8) is 0 Å². The summed E-state index contributed by atoms with van der Waals surface area (Å²) in [7, 11) is 0. The lowest BCUT2D eigenvalue weighted by atomic mass is 10.1. The SMILES string of the molecule is O=C(O)CCCCC(=O)NC1CCN(Cc2ccccc2)C1=O. The van der Waals surface area contributed by atoms with Crippen LogP contribution >= 0.6 is 0 Å². The predicted molar refractivity (Wildman–Crippen MR) is 84.5 cm³/mol. The quantitative estimate of drug-likeness (QED) is 0.712. The Balaban J connectivity index is 1.73. The number of hydrogen-bond donors (Lipinski definition) is 2. The van der Waals surface area contributed by atoms with Gasteiger partial charge in [-0.05, 0) is 24.8 Å². The van der Waals surface area contributed by atoms with Gasteiger partial charge in [-0.3, -0.25) is 14.4 Å². The Labute approximate surface area is 135 Å². The highest BCUT2D eigenvalue weighted by molar-refractivity contribution is 5.89. The number of rotatable bonds is 8. The van der Waals surface area contributed by atoms with E-state index in [2.05, 4.69) is 5.32 Å². The summed E-state index contributed by atoms with van der Waals surface area (Å²) in [6.07, 6.45) is 1.94. The molecular formula is C17H22N2O4. The Hall–Kier alpha value is -2.37. The number of unbranched alkanes of at least 4 members (excludes halogenated alkanes) is 1. The van der Waals surface area contributed by atoms with E-state index >= 15 is 0 Å². The number of amides is 2. The summed E-state index contributed by atoms with van der Waals surface area (Å²) in [4.78, 5) is 36.3. The molecule has 1 aliphatic heterocycles. The standard InChI is InChI=1S/C17H22N2O4/c20-15(8-4-5-9-16(21)22)18-14-10-11-19(17(14)23)12-13-6-2-1-3-7-13/h1-3,6-7,14H,4-5,8-12H2,(H,18,20)(H,21,22). The van der Waals surface area contributed by atoms with E-state index in [0.717, 1.165) is 5.56 Å². The minimum atomic E-state index is -0.854. The maximum atomic E-state index is 12.3. The third-order valence-corrected chi connectivity index (χ3v) is 3.89. The fourth-order valence-electron chi connectivity index (χ4n) is 2.66. The monoisotopic (exact) mass is 318 g/mol. The van der Waals surface area contributed by atoms with Crippen LogP contribution in [0, 0.1) is 0 Å². The summed E-state index contributed by atoms with van der Waals surface area (Å²) < 4.78 is 0. The molecule has 23 heavy (non-hydrogen) atoms. The van der Waals surface area contributed by atoms with Crippen molar-refractivity contribution in [2.24, 2.45) is 0 Å².